The number of pyridine rings is 1. The lowest BCUT2D eigenvalue weighted by atomic mass is 10.2. The maximum Gasteiger partial charge on any atom is 0.262 e. The quantitative estimate of drug-likeness (QED) is 0.832. The van der Waals surface area contributed by atoms with Crippen LogP contribution in [0.2, 0.25) is 0 Å². The largest absolute Gasteiger partial charge is 0.353 e. The van der Waals surface area contributed by atoms with Gasteiger partial charge in [-0.25, -0.2) is 0 Å². The molecule has 0 bridgehead atoms. The fourth-order valence-corrected chi connectivity index (χ4v) is 2.20. The predicted octanol–water partition coefficient (Wildman–Crippen LogP) is 2.81. The predicted molar refractivity (Wildman–Crippen MR) is 71.3 cm³/mol. The summed E-state index contributed by atoms with van der Waals surface area (Å²) >= 11 is 0. The van der Waals surface area contributed by atoms with Gasteiger partial charge < -0.3 is 10.2 Å². The van der Waals surface area contributed by atoms with E-state index in [1.165, 1.54) is 0 Å². The number of carbonyl (C=O) groups excluding carboxylic acids is 1. The Labute approximate surface area is 105 Å². The van der Waals surface area contributed by atoms with Crippen LogP contribution in [0.15, 0.2) is 42.7 Å². The summed E-state index contributed by atoms with van der Waals surface area (Å²) in [6.07, 6.45) is 3.29. The maximum atomic E-state index is 12.5. The molecular weight excluding hydrogens is 226 g/mol. The summed E-state index contributed by atoms with van der Waals surface area (Å²) in [5.41, 5.74) is 3.26. The molecule has 0 unspecified atom stereocenters. The van der Waals surface area contributed by atoms with Crippen molar-refractivity contribution in [1.29, 1.82) is 0 Å². The summed E-state index contributed by atoms with van der Waals surface area (Å²) in [4.78, 5) is 18.3. The van der Waals surface area contributed by atoms with Gasteiger partial charge in [0.25, 0.3) is 5.91 Å². The molecule has 2 heterocycles. The maximum absolute atomic E-state index is 12.5. The van der Waals surface area contributed by atoms with Crippen molar-refractivity contribution < 1.29 is 4.79 Å². The molecule has 90 valence electrons. The summed E-state index contributed by atoms with van der Waals surface area (Å²) in [7, 11) is 0. The summed E-state index contributed by atoms with van der Waals surface area (Å²) in [5.74, 6) is -0.0157. The second kappa shape index (κ2) is 4.14. The van der Waals surface area contributed by atoms with Crippen LogP contribution in [0.3, 0.4) is 0 Å². The third kappa shape index (κ3) is 1.54. The molecule has 1 aliphatic rings. The highest BCUT2D eigenvalue weighted by Gasteiger charge is 2.25. The van der Waals surface area contributed by atoms with E-state index in [0.717, 1.165) is 17.1 Å². The van der Waals surface area contributed by atoms with E-state index >= 15 is 0 Å². The molecule has 1 aliphatic heterocycles. The summed E-state index contributed by atoms with van der Waals surface area (Å²) in [6, 6.07) is 9.63. The normalized spacial score (nSPS) is 13.4. The highest BCUT2D eigenvalue weighted by atomic mass is 16.2. The van der Waals surface area contributed by atoms with Crippen LogP contribution in [-0.4, -0.2) is 17.4 Å². The van der Waals surface area contributed by atoms with Gasteiger partial charge in [-0.05, 0) is 25.1 Å². The van der Waals surface area contributed by atoms with Gasteiger partial charge in [0.1, 0.15) is 0 Å². The zero-order valence-corrected chi connectivity index (χ0v) is 10.1. The van der Waals surface area contributed by atoms with E-state index in [9.17, 15) is 4.79 Å². The number of carbonyl (C=O) groups is 1. The number of para-hydroxylation sites is 2. The Bertz CT molecular complexity index is 609. The Hall–Kier alpha value is -2.36. The lowest BCUT2D eigenvalue weighted by Gasteiger charge is -2.20. The fourth-order valence-electron chi connectivity index (χ4n) is 2.20. The van der Waals surface area contributed by atoms with E-state index in [1.54, 1.807) is 17.3 Å². The molecule has 0 aliphatic carbocycles. The molecule has 4 nitrogen and oxygen atoms in total. The van der Waals surface area contributed by atoms with Crippen molar-refractivity contribution in [3.05, 3.63) is 48.3 Å². The number of benzene rings is 1. The van der Waals surface area contributed by atoms with Crippen LogP contribution in [0.25, 0.3) is 0 Å². The standard InChI is InChI=1S/C14H13N3O/c1-2-17-13-6-4-3-5-12(13)16-11-7-8-15-9-10(11)14(17)18/h3-9,16H,2H2,1H3. The van der Waals surface area contributed by atoms with Gasteiger partial charge in [-0.3, -0.25) is 9.78 Å². The minimum Gasteiger partial charge on any atom is -0.353 e. The molecular formula is C14H13N3O. The molecule has 1 N–H and O–H groups in total. The average molecular weight is 239 g/mol. The molecule has 0 spiro atoms. The van der Waals surface area contributed by atoms with E-state index < -0.39 is 0 Å². The van der Waals surface area contributed by atoms with Gasteiger partial charge in [0, 0.05) is 18.9 Å². The molecule has 3 rings (SSSR count). The topological polar surface area (TPSA) is 45.2 Å². The molecule has 0 fully saturated rings. The first-order valence-corrected chi connectivity index (χ1v) is 5.93. The molecule has 0 radical (unpaired) electrons. The van der Waals surface area contributed by atoms with Crippen LogP contribution in [-0.2, 0) is 0 Å². The number of rotatable bonds is 1. The SMILES string of the molecule is CCN1C(=O)c2cnccc2Nc2ccccc21. The van der Waals surface area contributed by atoms with E-state index in [4.69, 9.17) is 0 Å². The third-order valence-corrected chi connectivity index (χ3v) is 3.08. The summed E-state index contributed by atoms with van der Waals surface area (Å²) in [5, 5.41) is 3.30. The van der Waals surface area contributed by atoms with E-state index in [-0.39, 0.29) is 5.91 Å². The number of aromatic nitrogens is 1. The van der Waals surface area contributed by atoms with Crippen molar-refractivity contribution in [1.82, 2.24) is 4.98 Å². The zero-order chi connectivity index (χ0) is 12.5. The third-order valence-electron chi connectivity index (χ3n) is 3.08. The molecule has 4 heteroatoms. The molecule has 2 aromatic rings. The lowest BCUT2D eigenvalue weighted by Crippen LogP contribution is -2.29. The van der Waals surface area contributed by atoms with E-state index in [2.05, 4.69) is 10.3 Å². The number of amides is 1. The monoisotopic (exact) mass is 239 g/mol. The van der Waals surface area contributed by atoms with Crippen LogP contribution in [0.5, 0.6) is 0 Å². The Morgan fingerprint density at radius 2 is 2.06 bits per heavy atom. The van der Waals surface area contributed by atoms with Gasteiger partial charge in [-0.15, -0.1) is 0 Å². The Morgan fingerprint density at radius 1 is 1.22 bits per heavy atom. The number of anilines is 3. The first-order valence-electron chi connectivity index (χ1n) is 5.93. The van der Waals surface area contributed by atoms with Gasteiger partial charge >= 0.3 is 0 Å². The first kappa shape index (κ1) is 10.8. The number of hydrogen-bond donors (Lipinski definition) is 1. The lowest BCUT2D eigenvalue weighted by molar-refractivity contribution is 0.0989. The van der Waals surface area contributed by atoms with E-state index in [0.29, 0.717) is 12.1 Å². The van der Waals surface area contributed by atoms with Gasteiger partial charge in [0.15, 0.2) is 0 Å². The van der Waals surface area contributed by atoms with Crippen LogP contribution in [0, 0.1) is 0 Å². The minimum atomic E-state index is -0.0157. The zero-order valence-electron chi connectivity index (χ0n) is 10.1. The van der Waals surface area contributed by atoms with Crippen molar-refractivity contribution in [2.75, 3.05) is 16.8 Å². The molecule has 0 saturated heterocycles. The fraction of sp³-hybridized carbons (Fsp3) is 0.143. The van der Waals surface area contributed by atoms with Gasteiger partial charge in [0.05, 0.1) is 22.6 Å². The smallest absolute Gasteiger partial charge is 0.262 e. The molecule has 0 saturated carbocycles. The summed E-state index contributed by atoms with van der Waals surface area (Å²) in [6.45, 7) is 2.60. The molecule has 18 heavy (non-hydrogen) atoms. The van der Waals surface area contributed by atoms with Gasteiger partial charge in [-0.1, -0.05) is 12.1 Å². The van der Waals surface area contributed by atoms with Crippen molar-refractivity contribution in [3.63, 3.8) is 0 Å². The van der Waals surface area contributed by atoms with Crippen molar-refractivity contribution in [2.24, 2.45) is 0 Å². The number of hydrogen-bond acceptors (Lipinski definition) is 3. The second-order valence-corrected chi connectivity index (χ2v) is 4.11. The van der Waals surface area contributed by atoms with Crippen molar-refractivity contribution in [3.8, 4) is 0 Å². The molecule has 1 amide bonds. The minimum absolute atomic E-state index is 0.0157. The first-order chi connectivity index (χ1) is 8.81. The van der Waals surface area contributed by atoms with E-state index in [1.807, 2.05) is 37.3 Å². The van der Waals surface area contributed by atoms with Crippen molar-refractivity contribution >= 4 is 23.0 Å². The Morgan fingerprint density at radius 3 is 2.89 bits per heavy atom. The van der Waals surface area contributed by atoms with Gasteiger partial charge in [-0.2, -0.15) is 0 Å². The number of fused-ring (bicyclic) bond motifs is 2. The average Bonchev–Trinajstić information content (AvgIpc) is 2.53. The van der Waals surface area contributed by atoms with Crippen LogP contribution < -0.4 is 10.2 Å². The highest BCUT2D eigenvalue weighted by molar-refractivity contribution is 6.13. The molecule has 0 atom stereocenters. The number of nitrogens with zero attached hydrogens (tertiary/aromatic N) is 2. The molecule has 1 aromatic heterocycles. The molecule has 1 aromatic carbocycles. The van der Waals surface area contributed by atoms with Crippen molar-refractivity contribution in [2.45, 2.75) is 6.92 Å². The van der Waals surface area contributed by atoms with Gasteiger partial charge in [0.2, 0.25) is 0 Å². The second-order valence-electron chi connectivity index (χ2n) is 4.11. The Balaban J connectivity index is 2.23. The Kier molecular flexibility index (Phi) is 2.48. The van der Waals surface area contributed by atoms with Crippen LogP contribution in [0.4, 0.5) is 17.1 Å². The highest BCUT2D eigenvalue weighted by Crippen LogP contribution is 2.34. The summed E-state index contributed by atoms with van der Waals surface area (Å²) < 4.78 is 0. The number of nitrogens with one attached hydrogen (secondary N) is 1. The van der Waals surface area contributed by atoms with Crippen LogP contribution >= 0.6 is 0 Å². The van der Waals surface area contributed by atoms with Crippen LogP contribution in [0.1, 0.15) is 17.3 Å².